The highest BCUT2D eigenvalue weighted by atomic mass is 31.2. The van der Waals surface area contributed by atoms with E-state index in [0.29, 0.717) is 29.3 Å². The molecular weight excluding hydrogens is 381 g/mol. The van der Waals surface area contributed by atoms with Crippen molar-refractivity contribution in [1.29, 1.82) is 0 Å². The molecule has 0 amide bonds. The molecule has 0 spiro atoms. The second kappa shape index (κ2) is 9.14. The molecule has 0 radical (unpaired) electrons. The van der Waals surface area contributed by atoms with Gasteiger partial charge in [-0.2, -0.15) is 0 Å². The summed E-state index contributed by atoms with van der Waals surface area (Å²) in [4.78, 5) is 30.7. The second-order valence-electron chi connectivity index (χ2n) is 6.56. The lowest BCUT2D eigenvalue weighted by Gasteiger charge is -2.12. The maximum atomic E-state index is 11.2. The number of ether oxygens (including phenoxy) is 1. The van der Waals surface area contributed by atoms with Gasteiger partial charge in [-0.3, -0.25) is 4.57 Å². The van der Waals surface area contributed by atoms with E-state index in [0.717, 1.165) is 37.9 Å². The Hall–Kier alpha value is -2.48. The number of anilines is 1. The monoisotopic (exact) mass is 405 g/mol. The highest BCUT2D eigenvalue weighted by molar-refractivity contribution is 7.50. The number of nitrogens with zero attached hydrogens (tertiary/aromatic N) is 4. The standard InChI is InChI=1S/C18H24N5O4P/c19-17-16-18(21-12-20-17)23(13-22-16)9-5-1-2-6-10-27-15-8-4-3-7-14(15)11-28(24,25)26/h3-4,7-8,12-13H,1-2,5-6,9-11H2,(H2,19,20,21)(H2,24,25,26). The molecule has 0 saturated carbocycles. The van der Waals surface area contributed by atoms with Gasteiger partial charge in [-0.05, 0) is 18.9 Å². The number of rotatable bonds is 10. The number of aryl methyl sites for hydroxylation is 1. The molecule has 0 atom stereocenters. The Morgan fingerprint density at radius 1 is 1.07 bits per heavy atom. The van der Waals surface area contributed by atoms with Crippen LogP contribution < -0.4 is 10.5 Å². The Bertz CT molecular complexity index is 972. The average Bonchev–Trinajstić information content (AvgIpc) is 3.05. The normalized spacial score (nSPS) is 11.8. The summed E-state index contributed by atoms with van der Waals surface area (Å²) in [6.07, 6.45) is 6.72. The molecule has 0 aliphatic carbocycles. The summed E-state index contributed by atoms with van der Waals surface area (Å²) >= 11 is 0. The SMILES string of the molecule is Nc1ncnc2c1ncn2CCCCCCOc1ccccc1CP(=O)(O)O. The van der Waals surface area contributed by atoms with Crippen molar-refractivity contribution < 1.29 is 19.1 Å². The lowest BCUT2D eigenvalue weighted by Crippen LogP contribution is -2.02. The van der Waals surface area contributed by atoms with E-state index in [1.165, 1.54) is 6.33 Å². The minimum Gasteiger partial charge on any atom is -0.493 e. The van der Waals surface area contributed by atoms with E-state index < -0.39 is 7.60 Å². The van der Waals surface area contributed by atoms with E-state index in [1.54, 1.807) is 30.6 Å². The molecule has 9 nitrogen and oxygen atoms in total. The van der Waals surface area contributed by atoms with Gasteiger partial charge in [0.1, 0.15) is 17.6 Å². The molecule has 2 heterocycles. The van der Waals surface area contributed by atoms with Gasteiger partial charge in [-0.15, -0.1) is 0 Å². The van der Waals surface area contributed by atoms with E-state index in [4.69, 9.17) is 20.3 Å². The number of benzene rings is 1. The van der Waals surface area contributed by atoms with E-state index in [2.05, 4.69) is 15.0 Å². The van der Waals surface area contributed by atoms with Crippen molar-refractivity contribution in [1.82, 2.24) is 19.5 Å². The van der Waals surface area contributed by atoms with Crippen molar-refractivity contribution in [2.75, 3.05) is 12.3 Å². The Kier molecular flexibility index (Phi) is 6.61. The Balaban J connectivity index is 1.39. The molecule has 10 heteroatoms. The van der Waals surface area contributed by atoms with Gasteiger partial charge in [0.2, 0.25) is 0 Å². The van der Waals surface area contributed by atoms with Gasteiger partial charge in [0.05, 0.1) is 19.1 Å². The van der Waals surface area contributed by atoms with Crippen LogP contribution in [0.2, 0.25) is 0 Å². The third-order valence-electron chi connectivity index (χ3n) is 4.33. The van der Waals surface area contributed by atoms with Gasteiger partial charge < -0.3 is 24.8 Å². The number of unbranched alkanes of at least 4 members (excludes halogenated alkanes) is 3. The smallest absolute Gasteiger partial charge is 0.330 e. The Morgan fingerprint density at radius 3 is 2.68 bits per heavy atom. The summed E-state index contributed by atoms with van der Waals surface area (Å²) in [6.45, 7) is 1.31. The molecule has 1 aromatic carbocycles. The van der Waals surface area contributed by atoms with Crippen molar-refractivity contribution in [3.8, 4) is 5.75 Å². The van der Waals surface area contributed by atoms with Crippen molar-refractivity contribution >= 4 is 24.6 Å². The first-order chi connectivity index (χ1) is 13.4. The number of para-hydroxylation sites is 1. The van der Waals surface area contributed by atoms with E-state index in [1.807, 2.05) is 4.57 Å². The average molecular weight is 405 g/mol. The number of hydrogen-bond donors (Lipinski definition) is 3. The van der Waals surface area contributed by atoms with Crippen LogP contribution in [0.5, 0.6) is 5.75 Å². The Morgan fingerprint density at radius 2 is 1.86 bits per heavy atom. The number of fused-ring (bicyclic) bond motifs is 1. The minimum atomic E-state index is -4.12. The topological polar surface area (TPSA) is 136 Å². The fraction of sp³-hybridized carbons (Fsp3) is 0.389. The number of imidazole rings is 1. The van der Waals surface area contributed by atoms with Crippen molar-refractivity contribution in [3.63, 3.8) is 0 Å². The predicted molar refractivity (Wildman–Crippen MR) is 106 cm³/mol. The zero-order valence-corrected chi connectivity index (χ0v) is 16.3. The highest BCUT2D eigenvalue weighted by Gasteiger charge is 2.17. The third kappa shape index (κ3) is 5.51. The summed E-state index contributed by atoms with van der Waals surface area (Å²) in [7, 11) is -4.12. The fourth-order valence-corrected chi connectivity index (χ4v) is 3.68. The van der Waals surface area contributed by atoms with Gasteiger partial charge in [0.25, 0.3) is 0 Å². The largest absolute Gasteiger partial charge is 0.493 e. The van der Waals surface area contributed by atoms with Crippen LogP contribution in [0, 0.1) is 0 Å². The van der Waals surface area contributed by atoms with Gasteiger partial charge in [0.15, 0.2) is 11.5 Å². The molecule has 150 valence electrons. The molecule has 0 bridgehead atoms. The van der Waals surface area contributed by atoms with Crippen LogP contribution in [0.4, 0.5) is 5.82 Å². The molecule has 2 aromatic heterocycles. The lowest BCUT2D eigenvalue weighted by molar-refractivity contribution is 0.300. The fourth-order valence-electron chi connectivity index (χ4n) is 2.98. The van der Waals surface area contributed by atoms with Crippen molar-refractivity contribution in [3.05, 3.63) is 42.5 Å². The molecule has 0 saturated heterocycles. The maximum Gasteiger partial charge on any atom is 0.330 e. The maximum absolute atomic E-state index is 11.2. The van der Waals surface area contributed by atoms with Crippen LogP contribution in [0.1, 0.15) is 31.2 Å². The van der Waals surface area contributed by atoms with Crippen LogP contribution in [0.3, 0.4) is 0 Å². The third-order valence-corrected chi connectivity index (χ3v) is 5.08. The zero-order valence-electron chi connectivity index (χ0n) is 15.4. The molecule has 4 N–H and O–H groups in total. The molecule has 3 rings (SSSR count). The lowest BCUT2D eigenvalue weighted by atomic mass is 10.2. The summed E-state index contributed by atoms with van der Waals surface area (Å²) in [5, 5.41) is 0. The Labute approximate surface area is 162 Å². The second-order valence-corrected chi connectivity index (χ2v) is 8.21. The number of nitrogens with two attached hydrogens (primary N) is 1. The molecule has 28 heavy (non-hydrogen) atoms. The molecule has 3 aromatic rings. The van der Waals surface area contributed by atoms with Crippen LogP contribution in [-0.2, 0) is 17.3 Å². The zero-order chi connectivity index (χ0) is 20.0. The summed E-state index contributed by atoms with van der Waals surface area (Å²) < 4.78 is 18.9. The van der Waals surface area contributed by atoms with Gasteiger partial charge in [-0.25, -0.2) is 15.0 Å². The van der Waals surface area contributed by atoms with Crippen molar-refractivity contribution in [2.45, 2.75) is 38.4 Å². The summed E-state index contributed by atoms with van der Waals surface area (Å²) in [6, 6.07) is 6.96. The minimum absolute atomic E-state index is 0.309. The van der Waals surface area contributed by atoms with Crippen LogP contribution in [0.15, 0.2) is 36.9 Å². The van der Waals surface area contributed by atoms with Crippen LogP contribution >= 0.6 is 7.60 Å². The van der Waals surface area contributed by atoms with Crippen LogP contribution in [-0.4, -0.2) is 35.9 Å². The van der Waals surface area contributed by atoms with E-state index >= 15 is 0 Å². The number of nitrogen functional groups attached to an aromatic ring is 1. The molecular formula is C18H24N5O4P. The predicted octanol–water partition coefficient (Wildman–Crippen LogP) is 2.73. The van der Waals surface area contributed by atoms with Crippen LogP contribution in [0.25, 0.3) is 11.2 Å². The number of aromatic nitrogens is 4. The van der Waals surface area contributed by atoms with Gasteiger partial charge >= 0.3 is 7.60 Å². The summed E-state index contributed by atoms with van der Waals surface area (Å²) in [5.41, 5.74) is 7.70. The first-order valence-corrected chi connectivity index (χ1v) is 10.9. The first-order valence-electron chi connectivity index (χ1n) is 9.10. The molecule has 0 unspecified atom stereocenters. The summed E-state index contributed by atoms with van der Waals surface area (Å²) in [5.74, 6) is 0.924. The van der Waals surface area contributed by atoms with Gasteiger partial charge in [0, 0.05) is 12.1 Å². The molecule has 0 aliphatic rings. The highest BCUT2D eigenvalue weighted by Crippen LogP contribution is 2.41. The first kappa shape index (κ1) is 20.3. The molecule has 0 aliphatic heterocycles. The van der Waals surface area contributed by atoms with E-state index in [-0.39, 0.29) is 6.16 Å². The van der Waals surface area contributed by atoms with Gasteiger partial charge in [-0.1, -0.05) is 31.0 Å². The number of hydrogen-bond acceptors (Lipinski definition) is 6. The quantitative estimate of drug-likeness (QED) is 0.346. The van der Waals surface area contributed by atoms with E-state index in [9.17, 15) is 4.57 Å². The van der Waals surface area contributed by atoms with Crippen molar-refractivity contribution in [2.24, 2.45) is 0 Å². The molecule has 0 fully saturated rings.